The van der Waals surface area contributed by atoms with Crippen LogP contribution in [0.25, 0.3) is 0 Å². The van der Waals surface area contributed by atoms with E-state index in [9.17, 15) is 19.5 Å². The minimum absolute atomic E-state index is 0.0982. The third-order valence-electron chi connectivity index (χ3n) is 4.27. The van der Waals surface area contributed by atoms with E-state index in [-0.39, 0.29) is 28.3 Å². The van der Waals surface area contributed by atoms with E-state index in [0.717, 1.165) is 5.56 Å². The quantitative estimate of drug-likeness (QED) is 0.850. The molecule has 0 unspecified atom stereocenters. The van der Waals surface area contributed by atoms with Crippen LogP contribution < -0.4 is 5.32 Å². The van der Waals surface area contributed by atoms with Gasteiger partial charge in [0.15, 0.2) is 0 Å². The third-order valence-corrected chi connectivity index (χ3v) is 4.27. The molecule has 0 saturated heterocycles. The van der Waals surface area contributed by atoms with E-state index < -0.39 is 17.2 Å². The summed E-state index contributed by atoms with van der Waals surface area (Å²) in [6.45, 7) is 3.28. The standard InChI is InChI=1S/C19H17NO4/c1-3-12-8-9-15(16(10-12)20-11(2)21)19(24)17(22)13-6-4-5-7-14(13)18(19)23/h4-10,24H,3H2,1-2H3,(H,20,21). The van der Waals surface area contributed by atoms with Crippen LogP contribution in [-0.4, -0.2) is 22.6 Å². The highest BCUT2D eigenvalue weighted by molar-refractivity contribution is 6.32. The molecule has 3 rings (SSSR count). The second-order valence-corrected chi connectivity index (χ2v) is 5.83. The predicted molar refractivity (Wildman–Crippen MR) is 89.1 cm³/mol. The maximum absolute atomic E-state index is 12.7. The van der Waals surface area contributed by atoms with Gasteiger partial charge in [-0.15, -0.1) is 0 Å². The predicted octanol–water partition coefficient (Wildman–Crippen LogP) is 2.47. The van der Waals surface area contributed by atoms with Crippen LogP contribution in [0.2, 0.25) is 0 Å². The van der Waals surface area contributed by atoms with Crippen LogP contribution in [0.4, 0.5) is 5.69 Å². The number of aliphatic hydroxyl groups is 1. The van der Waals surface area contributed by atoms with E-state index in [1.54, 1.807) is 24.3 Å². The fraction of sp³-hybridized carbons (Fsp3) is 0.211. The van der Waals surface area contributed by atoms with Crippen molar-refractivity contribution in [3.05, 3.63) is 64.7 Å². The molecule has 1 amide bonds. The van der Waals surface area contributed by atoms with Gasteiger partial charge >= 0.3 is 0 Å². The summed E-state index contributed by atoms with van der Waals surface area (Å²) in [5.41, 5.74) is -0.633. The van der Waals surface area contributed by atoms with E-state index in [0.29, 0.717) is 6.42 Å². The molecule has 5 nitrogen and oxygen atoms in total. The van der Waals surface area contributed by atoms with Crippen molar-refractivity contribution in [3.8, 4) is 0 Å². The molecular formula is C19H17NO4. The largest absolute Gasteiger partial charge is 0.370 e. The lowest BCUT2D eigenvalue weighted by Crippen LogP contribution is -2.39. The van der Waals surface area contributed by atoms with Crippen LogP contribution in [0.5, 0.6) is 0 Å². The number of carbonyl (C=O) groups is 3. The molecule has 24 heavy (non-hydrogen) atoms. The number of hydrogen-bond acceptors (Lipinski definition) is 4. The highest BCUT2D eigenvalue weighted by atomic mass is 16.3. The van der Waals surface area contributed by atoms with Crippen molar-refractivity contribution in [2.75, 3.05) is 5.32 Å². The molecule has 0 bridgehead atoms. The van der Waals surface area contributed by atoms with Crippen LogP contribution in [0.15, 0.2) is 42.5 Å². The van der Waals surface area contributed by atoms with Crippen molar-refractivity contribution in [3.63, 3.8) is 0 Å². The molecule has 2 aromatic rings. The Bertz CT molecular complexity index is 834. The Morgan fingerprint density at radius 3 is 2.17 bits per heavy atom. The normalized spacial score (nSPS) is 15.3. The van der Waals surface area contributed by atoms with Crippen molar-refractivity contribution < 1.29 is 19.5 Å². The second kappa shape index (κ2) is 5.69. The lowest BCUT2D eigenvalue weighted by molar-refractivity contribution is -0.114. The first-order valence-electron chi connectivity index (χ1n) is 7.71. The summed E-state index contributed by atoms with van der Waals surface area (Å²) in [7, 11) is 0. The Morgan fingerprint density at radius 1 is 1.08 bits per heavy atom. The fourth-order valence-electron chi connectivity index (χ4n) is 3.04. The molecule has 1 aliphatic carbocycles. The zero-order valence-corrected chi connectivity index (χ0v) is 13.4. The Balaban J connectivity index is 2.20. The lowest BCUT2D eigenvalue weighted by atomic mass is 9.86. The number of rotatable bonds is 3. The summed E-state index contributed by atoms with van der Waals surface area (Å²) >= 11 is 0. The van der Waals surface area contributed by atoms with Gasteiger partial charge in [-0.05, 0) is 18.1 Å². The van der Waals surface area contributed by atoms with Gasteiger partial charge in [0.1, 0.15) is 0 Å². The van der Waals surface area contributed by atoms with E-state index in [2.05, 4.69) is 5.32 Å². The highest BCUT2D eigenvalue weighted by Crippen LogP contribution is 2.40. The minimum Gasteiger partial charge on any atom is -0.370 e. The molecule has 122 valence electrons. The molecule has 0 atom stereocenters. The van der Waals surface area contributed by atoms with Gasteiger partial charge < -0.3 is 10.4 Å². The number of nitrogens with one attached hydrogen (secondary N) is 1. The van der Waals surface area contributed by atoms with Crippen LogP contribution in [0.3, 0.4) is 0 Å². The van der Waals surface area contributed by atoms with Crippen LogP contribution in [-0.2, 0) is 16.8 Å². The van der Waals surface area contributed by atoms with Gasteiger partial charge in [0.25, 0.3) is 0 Å². The number of anilines is 1. The SMILES string of the molecule is CCc1ccc(C2(O)C(=O)c3ccccc3C2=O)c(NC(C)=O)c1. The molecule has 0 fully saturated rings. The number of ketones is 2. The van der Waals surface area contributed by atoms with E-state index >= 15 is 0 Å². The van der Waals surface area contributed by atoms with E-state index in [1.807, 2.05) is 6.92 Å². The number of aryl methyl sites for hydroxylation is 1. The van der Waals surface area contributed by atoms with Gasteiger partial charge in [-0.3, -0.25) is 14.4 Å². The Kier molecular flexibility index (Phi) is 3.81. The zero-order chi connectivity index (χ0) is 17.5. The third kappa shape index (κ3) is 2.25. The Hall–Kier alpha value is -2.79. The van der Waals surface area contributed by atoms with Gasteiger partial charge in [-0.1, -0.05) is 43.3 Å². The number of carbonyl (C=O) groups excluding carboxylic acids is 3. The summed E-state index contributed by atoms with van der Waals surface area (Å²) in [4.78, 5) is 37.0. The summed E-state index contributed by atoms with van der Waals surface area (Å²) in [6.07, 6.45) is 0.716. The number of amides is 1. The Labute approximate surface area is 139 Å². The maximum Gasteiger partial charge on any atom is 0.221 e. The molecule has 1 aliphatic rings. The number of Topliss-reactive ketones (excluding diaryl/α,β-unsaturated/α-hetero) is 2. The van der Waals surface area contributed by atoms with Crippen LogP contribution in [0, 0.1) is 0 Å². The monoisotopic (exact) mass is 323 g/mol. The summed E-state index contributed by atoms with van der Waals surface area (Å²) in [5, 5.41) is 13.6. The molecule has 0 aromatic heterocycles. The van der Waals surface area contributed by atoms with Crippen molar-refractivity contribution in [2.45, 2.75) is 25.9 Å². The minimum atomic E-state index is -2.31. The number of benzene rings is 2. The second-order valence-electron chi connectivity index (χ2n) is 5.83. The molecule has 5 heteroatoms. The number of hydrogen-bond donors (Lipinski definition) is 2. The lowest BCUT2D eigenvalue weighted by Gasteiger charge is -2.23. The number of fused-ring (bicyclic) bond motifs is 1. The van der Waals surface area contributed by atoms with Crippen molar-refractivity contribution in [1.82, 2.24) is 0 Å². The Morgan fingerprint density at radius 2 is 1.67 bits per heavy atom. The molecule has 0 heterocycles. The zero-order valence-electron chi connectivity index (χ0n) is 13.4. The fourth-order valence-corrected chi connectivity index (χ4v) is 3.04. The maximum atomic E-state index is 12.7. The topological polar surface area (TPSA) is 83.5 Å². The van der Waals surface area contributed by atoms with Crippen molar-refractivity contribution in [2.24, 2.45) is 0 Å². The average Bonchev–Trinajstić information content (AvgIpc) is 2.77. The first kappa shape index (κ1) is 16.1. The summed E-state index contributed by atoms with van der Waals surface area (Å²) in [5.74, 6) is -1.68. The van der Waals surface area contributed by atoms with Crippen LogP contribution in [0.1, 0.15) is 45.7 Å². The highest BCUT2D eigenvalue weighted by Gasteiger charge is 2.54. The molecule has 0 spiro atoms. The molecule has 2 N–H and O–H groups in total. The molecule has 0 aliphatic heterocycles. The molecular weight excluding hydrogens is 306 g/mol. The van der Waals surface area contributed by atoms with Gasteiger partial charge in [0, 0.05) is 29.3 Å². The van der Waals surface area contributed by atoms with E-state index in [1.165, 1.54) is 25.1 Å². The van der Waals surface area contributed by atoms with E-state index in [4.69, 9.17) is 0 Å². The van der Waals surface area contributed by atoms with Gasteiger partial charge in [-0.25, -0.2) is 0 Å². The summed E-state index contributed by atoms with van der Waals surface area (Å²) < 4.78 is 0. The van der Waals surface area contributed by atoms with Crippen LogP contribution >= 0.6 is 0 Å². The van der Waals surface area contributed by atoms with Gasteiger partial charge in [0.2, 0.25) is 23.1 Å². The average molecular weight is 323 g/mol. The first-order chi connectivity index (χ1) is 11.4. The summed E-state index contributed by atoms with van der Waals surface area (Å²) in [6, 6.07) is 11.3. The first-order valence-corrected chi connectivity index (χ1v) is 7.71. The molecule has 0 saturated carbocycles. The van der Waals surface area contributed by atoms with Crippen molar-refractivity contribution in [1.29, 1.82) is 0 Å². The molecule has 0 radical (unpaired) electrons. The van der Waals surface area contributed by atoms with Gasteiger partial charge in [-0.2, -0.15) is 0 Å². The van der Waals surface area contributed by atoms with Crippen molar-refractivity contribution >= 4 is 23.2 Å². The smallest absolute Gasteiger partial charge is 0.221 e. The molecule has 2 aromatic carbocycles. The van der Waals surface area contributed by atoms with Gasteiger partial charge in [0.05, 0.1) is 0 Å².